The Morgan fingerprint density at radius 1 is 1.29 bits per heavy atom. The van der Waals surface area contributed by atoms with Gasteiger partial charge >= 0.3 is 5.97 Å². The Hall–Kier alpha value is -1.55. The van der Waals surface area contributed by atoms with Crippen LogP contribution < -0.4 is 5.32 Å². The number of aryl methyl sites for hydroxylation is 1. The van der Waals surface area contributed by atoms with E-state index >= 15 is 0 Å². The van der Waals surface area contributed by atoms with Crippen molar-refractivity contribution in [2.45, 2.75) is 51.0 Å². The lowest BCUT2D eigenvalue weighted by Crippen LogP contribution is -2.51. The molecule has 0 spiro atoms. The number of hydrogen-bond donors (Lipinski definition) is 2. The highest BCUT2D eigenvalue weighted by atomic mass is 35.5. The Labute approximate surface area is 129 Å². The van der Waals surface area contributed by atoms with Crippen LogP contribution in [0.25, 0.3) is 0 Å². The fraction of sp³-hybridized carbons (Fsp3) is 0.500. The zero-order valence-electron chi connectivity index (χ0n) is 12.1. The average Bonchev–Trinajstić information content (AvgIpc) is 2.41. The van der Waals surface area contributed by atoms with Gasteiger partial charge in [0.05, 0.1) is 22.5 Å². The number of aliphatic carboxylic acids is 1. The topological polar surface area (TPSA) is 66.4 Å². The number of hydrogen-bond acceptors (Lipinski definition) is 2. The minimum Gasteiger partial charge on any atom is -0.481 e. The second-order valence-corrected chi connectivity index (χ2v) is 6.18. The fourth-order valence-corrected chi connectivity index (χ4v) is 3.21. The number of carboxylic acid groups (broad SMARTS) is 1. The summed E-state index contributed by atoms with van der Waals surface area (Å²) >= 11 is 6.18. The zero-order chi connectivity index (χ0) is 15.5. The third kappa shape index (κ3) is 3.76. The van der Waals surface area contributed by atoms with Gasteiger partial charge in [0.25, 0.3) is 5.91 Å². The van der Waals surface area contributed by atoms with E-state index in [1.165, 1.54) is 0 Å². The van der Waals surface area contributed by atoms with E-state index in [0.717, 1.165) is 24.8 Å². The molecule has 0 heterocycles. The second-order valence-electron chi connectivity index (χ2n) is 5.80. The van der Waals surface area contributed by atoms with Gasteiger partial charge < -0.3 is 10.4 Å². The third-order valence-electron chi connectivity index (χ3n) is 4.12. The lowest BCUT2D eigenvalue weighted by molar-refractivity contribution is -0.139. The first-order valence-electron chi connectivity index (χ1n) is 7.23. The van der Waals surface area contributed by atoms with Crippen molar-refractivity contribution in [3.05, 3.63) is 34.3 Å². The number of amides is 1. The molecule has 1 saturated carbocycles. The molecule has 2 N–H and O–H groups in total. The summed E-state index contributed by atoms with van der Waals surface area (Å²) in [6.07, 6.45) is 4.33. The van der Waals surface area contributed by atoms with Crippen molar-refractivity contribution in [2.75, 3.05) is 0 Å². The van der Waals surface area contributed by atoms with Gasteiger partial charge in [-0.1, -0.05) is 43.0 Å². The third-order valence-corrected chi connectivity index (χ3v) is 4.62. The van der Waals surface area contributed by atoms with Crippen LogP contribution in [0.1, 0.15) is 54.4 Å². The van der Waals surface area contributed by atoms with Gasteiger partial charge in [0.1, 0.15) is 0 Å². The highest BCUT2D eigenvalue weighted by Crippen LogP contribution is 2.32. The molecule has 1 amide bonds. The van der Waals surface area contributed by atoms with Gasteiger partial charge in [0, 0.05) is 0 Å². The number of halogens is 1. The second kappa shape index (κ2) is 6.48. The van der Waals surface area contributed by atoms with Gasteiger partial charge in [-0.05, 0) is 31.4 Å². The van der Waals surface area contributed by atoms with Crippen LogP contribution in [0.15, 0.2) is 18.2 Å². The van der Waals surface area contributed by atoms with Crippen molar-refractivity contribution >= 4 is 23.5 Å². The molecule has 0 saturated heterocycles. The molecular formula is C16H20ClNO3. The molecule has 0 bridgehead atoms. The van der Waals surface area contributed by atoms with Crippen LogP contribution in [0.4, 0.5) is 0 Å². The molecule has 1 fully saturated rings. The summed E-state index contributed by atoms with van der Waals surface area (Å²) in [5, 5.41) is 12.5. The highest BCUT2D eigenvalue weighted by molar-refractivity contribution is 6.34. The maximum absolute atomic E-state index is 12.5. The smallest absolute Gasteiger partial charge is 0.305 e. The number of carbonyl (C=O) groups is 2. The Morgan fingerprint density at radius 3 is 2.57 bits per heavy atom. The predicted molar refractivity (Wildman–Crippen MR) is 81.7 cm³/mol. The molecule has 0 aliphatic heterocycles. The zero-order valence-corrected chi connectivity index (χ0v) is 12.9. The Morgan fingerprint density at radius 2 is 1.95 bits per heavy atom. The normalized spacial score (nSPS) is 17.2. The largest absolute Gasteiger partial charge is 0.481 e. The van der Waals surface area contributed by atoms with E-state index in [0.29, 0.717) is 23.4 Å². The summed E-state index contributed by atoms with van der Waals surface area (Å²) in [5.41, 5.74) is 0.598. The molecule has 4 nitrogen and oxygen atoms in total. The summed E-state index contributed by atoms with van der Waals surface area (Å²) in [5.74, 6) is -1.17. The van der Waals surface area contributed by atoms with E-state index in [-0.39, 0.29) is 12.3 Å². The lowest BCUT2D eigenvalue weighted by Gasteiger charge is -2.37. The molecule has 0 aromatic heterocycles. The molecule has 21 heavy (non-hydrogen) atoms. The van der Waals surface area contributed by atoms with Crippen LogP contribution in [0.2, 0.25) is 5.02 Å². The van der Waals surface area contributed by atoms with E-state index in [4.69, 9.17) is 16.7 Å². The van der Waals surface area contributed by atoms with E-state index in [1.807, 2.05) is 13.0 Å². The maximum Gasteiger partial charge on any atom is 0.305 e. The molecule has 1 aromatic carbocycles. The van der Waals surface area contributed by atoms with E-state index in [2.05, 4.69) is 5.32 Å². The molecular weight excluding hydrogens is 290 g/mol. The van der Waals surface area contributed by atoms with Crippen LogP contribution in [-0.4, -0.2) is 22.5 Å². The number of carboxylic acids is 1. The Kier molecular flexibility index (Phi) is 4.88. The van der Waals surface area contributed by atoms with Gasteiger partial charge in [-0.15, -0.1) is 0 Å². The first kappa shape index (κ1) is 15.8. The molecule has 0 atom stereocenters. The SMILES string of the molecule is Cc1cccc(C(=O)NC2(CC(=O)O)CCCCC2)c1Cl. The summed E-state index contributed by atoms with van der Waals surface area (Å²) in [6.45, 7) is 1.84. The molecule has 0 radical (unpaired) electrons. The molecule has 114 valence electrons. The molecule has 1 aliphatic carbocycles. The Balaban J connectivity index is 2.21. The average molecular weight is 310 g/mol. The van der Waals surface area contributed by atoms with Gasteiger partial charge in [-0.25, -0.2) is 0 Å². The first-order valence-corrected chi connectivity index (χ1v) is 7.61. The molecule has 2 rings (SSSR count). The standard InChI is InChI=1S/C16H20ClNO3/c1-11-6-5-7-12(14(11)17)15(21)18-16(10-13(19)20)8-3-2-4-9-16/h5-7H,2-4,8-10H2,1H3,(H,18,21)(H,19,20). The molecule has 1 aliphatic rings. The number of rotatable bonds is 4. The van der Waals surface area contributed by atoms with Gasteiger partial charge in [-0.2, -0.15) is 0 Å². The summed E-state index contributed by atoms with van der Waals surface area (Å²) in [7, 11) is 0. The lowest BCUT2D eigenvalue weighted by atomic mass is 9.79. The van der Waals surface area contributed by atoms with Crippen LogP contribution in [0.3, 0.4) is 0 Å². The summed E-state index contributed by atoms with van der Waals surface area (Å²) < 4.78 is 0. The maximum atomic E-state index is 12.5. The first-order chi connectivity index (χ1) is 9.93. The van der Waals surface area contributed by atoms with Crippen LogP contribution in [-0.2, 0) is 4.79 Å². The van der Waals surface area contributed by atoms with Gasteiger partial charge in [0.2, 0.25) is 0 Å². The van der Waals surface area contributed by atoms with Crippen molar-refractivity contribution in [3.63, 3.8) is 0 Å². The predicted octanol–water partition coefficient (Wildman–Crippen LogP) is 3.56. The van der Waals surface area contributed by atoms with Crippen LogP contribution in [0, 0.1) is 6.92 Å². The number of nitrogens with one attached hydrogen (secondary N) is 1. The van der Waals surface area contributed by atoms with Crippen molar-refractivity contribution in [2.24, 2.45) is 0 Å². The van der Waals surface area contributed by atoms with Crippen molar-refractivity contribution in [1.29, 1.82) is 0 Å². The summed E-state index contributed by atoms with van der Waals surface area (Å²) in [6, 6.07) is 5.29. The number of carbonyl (C=O) groups excluding carboxylic acids is 1. The minimum atomic E-state index is -0.882. The quantitative estimate of drug-likeness (QED) is 0.893. The minimum absolute atomic E-state index is 0.0395. The monoisotopic (exact) mass is 309 g/mol. The van der Waals surface area contributed by atoms with E-state index in [9.17, 15) is 9.59 Å². The Bertz CT molecular complexity index is 550. The van der Waals surface area contributed by atoms with Crippen LogP contribution in [0.5, 0.6) is 0 Å². The molecule has 1 aromatic rings. The van der Waals surface area contributed by atoms with Crippen molar-refractivity contribution in [1.82, 2.24) is 5.32 Å². The highest BCUT2D eigenvalue weighted by Gasteiger charge is 2.36. The van der Waals surface area contributed by atoms with E-state index < -0.39 is 11.5 Å². The van der Waals surface area contributed by atoms with Crippen molar-refractivity contribution < 1.29 is 14.7 Å². The fourth-order valence-electron chi connectivity index (χ4n) is 2.99. The summed E-state index contributed by atoms with van der Waals surface area (Å²) in [4.78, 5) is 23.6. The van der Waals surface area contributed by atoms with Gasteiger partial charge in [-0.3, -0.25) is 9.59 Å². The number of benzene rings is 1. The molecule has 5 heteroatoms. The van der Waals surface area contributed by atoms with E-state index in [1.54, 1.807) is 12.1 Å². The van der Waals surface area contributed by atoms with Crippen LogP contribution >= 0.6 is 11.6 Å². The van der Waals surface area contributed by atoms with Gasteiger partial charge in [0.15, 0.2) is 0 Å². The van der Waals surface area contributed by atoms with Crippen molar-refractivity contribution in [3.8, 4) is 0 Å². The molecule has 0 unspecified atom stereocenters.